The molecular formula is C28H32FN3O4S. The van der Waals surface area contributed by atoms with Crippen molar-refractivity contribution in [2.45, 2.75) is 45.2 Å². The second-order valence-electron chi connectivity index (χ2n) is 8.81. The zero-order chi connectivity index (χ0) is 27.2. The van der Waals surface area contributed by atoms with E-state index in [-0.39, 0.29) is 17.3 Å². The Balaban J connectivity index is 2.03. The first kappa shape index (κ1) is 27.9. The standard InChI is InChI=1S/C28H32FN3O4S/c1-5-30-28(34)22(4)31(18-23-12-14-24(29)15-13-23)27(33)19-32(25-16-11-20(2)21(3)17-25)37(35,36)26-9-7-6-8-10-26/h6-17,22H,5,18-19H2,1-4H3,(H,30,34)/t22-/m0/s1. The lowest BCUT2D eigenvalue weighted by molar-refractivity contribution is -0.139. The molecule has 1 atom stereocenters. The van der Waals surface area contributed by atoms with Gasteiger partial charge in [0.1, 0.15) is 18.4 Å². The molecule has 0 aliphatic carbocycles. The third kappa shape index (κ3) is 6.74. The van der Waals surface area contributed by atoms with Gasteiger partial charge in [-0.2, -0.15) is 0 Å². The molecule has 0 radical (unpaired) electrons. The minimum atomic E-state index is -4.11. The van der Waals surface area contributed by atoms with Crippen molar-refractivity contribution in [3.05, 3.63) is 95.3 Å². The number of anilines is 1. The molecule has 0 aliphatic rings. The summed E-state index contributed by atoms with van der Waals surface area (Å²) in [6.45, 7) is 6.99. The number of nitrogens with one attached hydrogen (secondary N) is 1. The van der Waals surface area contributed by atoms with Crippen molar-refractivity contribution in [3.63, 3.8) is 0 Å². The van der Waals surface area contributed by atoms with Crippen LogP contribution in [0.25, 0.3) is 0 Å². The Hall–Kier alpha value is -3.72. The van der Waals surface area contributed by atoms with E-state index < -0.39 is 34.3 Å². The highest BCUT2D eigenvalue weighted by Gasteiger charge is 2.32. The summed E-state index contributed by atoms with van der Waals surface area (Å²) in [5.74, 6) is -1.37. The van der Waals surface area contributed by atoms with Crippen LogP contribution in [0.4, 0.5) is 10.1 Å². The number of hydrogen-bond donors (Lipinski definition) is 1. The van der Waals surface area contributed by atoms with Gasteiger partial charge in [-0.15, -0.1) is 0 Å². The molecule has 3 aromatic carbocycles. The third-order valence-corrected chi connectivity index (χ3v) is 7.96. The predicted octanol–water partition coefficient (Wildman–Crippen LogP) is 4.19. The van der Waals surface area contributed by atoms with Gasteiger partial charge in [0, 0.05) is 13.1 Å². The number of carbonyl (C=O) groups is 2. The summed E-state index contributed by atoms with van der Waals surface area (Å²) >= 11 is 0. The first-order chi connectivity index (χ1) is 17.5. The summed E-state index contributed by atoms with van der Waals surface area (Å²) in [6, 6.07) is 17.8. The van der Waals surface area contributed by atoms with Crippen molar-refractivity contribution < 1.29 is 22.4 Å². The van der Waals surface area contributed by atoms with E-state index >= 15 is 0 Å². The van der Waals surface area contributed by atoms with E-state index in [0.717, 1.165) is 15.4 Å². The molecule has 0 bridgehead atoms. The fourth-order valence-electron chi connectivity index (χ4n) is 3.82. The number of nitrogens with zero attached hydrogens (tertiary/aromatic N) is 2. The van der Waals surface area contributed by atoms with Crippen molar-refractivity contribution in [2.24, 2.45) is 0 Å². The Morgan fingerprint density at radius 2 is 1.59 bits per heavy atom. The van der Waals surface area contributed by atoms with Crippen LogP contribution in [0.2, 0.25) is 0 Å². The molecule has 0 heterocycles. The van der Waals surface area contributed by atoms with Gasteiger partial charge in [-0.3, -0.25) is 13.9 Å². The molecule has 9 heteroatoms. The van der Waals surface area contributed by atoms with E-state index in [0.29, 0.717) is 17.8 Å². The summed E-state index contributed by atoms with van der Waals surface area (Å²) in [6.07, 6.45) is 0. The molecular weight excluding hydrogens is 493 g/mol. The Morgan fingerprint density at radius 1 is 0.946 bits per heavy atom. The molecule has 196 valence electrons. The van der Waals surface area contributed by atoms with Crippen LogP contribution in [0.3, 0.4) is 0 Å². The number of rotatable bonds is 10. The first-order valence-corrected chi connectivity index (χ1v) is 13.4. The largest absolute Gasteiger partial charge is 0.355 e. The number of halogens is 1. The molecule has 1 N–H and O–H groups in total. The fraction of sp³-hybridized carbons (Fsp3) is 0.286. The van der Waals surface area contributed by atoms with Gasteiger partial charge in [0.15, 0.2) is 0 Å². The van der Waals surface area contributed by atoms with Crippen molar-refractivity contribution >= 4 is 27.5 Å². The molecule has 0 saturated heterocycles. The molecule has 2 amide bonds. The minimum absolute atomic E-state index is 0.00354. The van der Waals surface area contributed by atoms with Gasteiger partial charge in [-0.05, 0) is 80.8 Å². The van der Waals surface area contributed by atoms with Crippen LogP contribution >= 0.6 is 0 Å². The zero-order valence-electron chi connectivity index (χ0n) is 21.4. The highest BCUT2D eigenvalue weighted by atomic mass is 32.2. The maximum absolute atomic E-state index is 13.7. The number of likely N-dealkylation sites (N-methyl/N-ethyl adjacent to an activating group) is 1. The zero-order valence-corrected chi connectivity index (χ0v) is 22.3. The lowest BCUT2D eigenvalue weighted by atomic mass is 10.1. The molecule has 7 nitrogen and oxygen atoms in total. The number of hydrogen-bond acceptors (Lipinski definition) is 4. The van der Waals surface area contributed by atoms with Crippen LogP contribution in [0.15, 0.2) is 77.7 Å². The van der Waals surface area contributed by atoms with Crippen LogP contribution in [0, 0.1) is 19.7 Å². The van der Waals surface area contributed by atoms with Crippen LogP contribution in [-0.2, 0) is 26.2 Å². The van der Waals surface area contributed by atoms with Crippen molar-refractivity contribution in [3.8, 4) is 0 Å². The molecule has 0 unspecified atom stereocenters. The Bertz CT molecular complexity index is 1350. The molecule has 37 heavy (non-hydrogen) atoms. The number of amides is 2. The lowest BCUT2D eigenvalue weighted by Gasteiger charge is -2.32. The highest BCUT2D eigenvalue weighted by molar-refractivity contribution is 7.92. The van der Waals surface area contributed by atoms with Gasteiger partial charge in [0.2, 0.25) is 11.8 Å². The molecule has 0 saturated carbocycles. The Kier molecular flexibility index (Phi) is 9.04. The fourth-order valence-corrected chi connectivity index (χ4v) is 5.25. The SMILES string of the molecule is CCNC(=O)[C@H](C)N(Cc1ccc(F)cc1)C(=O)CN(c1ccc(C)c(C)c1)S(=O)(=O)c1ccccc1. The van der Waals surface area contributed by atoms with Gasteiger partial charge in [-0.25, -0.2) is 12.8 Å². The van der Waals surface area contributed by atoms with Crippen molar-refractivity contribution in [1.29, 1.82) is 0 Å². The van der Waals surface area contributed by atoms with E-state index in [2.05, 4.69) is 5.32 Å². The van der Waals surface area contributed by atoms with Crippen LogP contribution in [0.1, 0.15) is 30.5 Å². The smallest absolute Gasteiger partial charge is 0.264 e. The Morgan fingerprint density at radius 3 is 2.19 bits per heavy atom. The summed E-state index contributed by atoms with van der Waals surface area (Å²) in [5.41, 5.74) is 2.80. The highest BCUT2D eigenvalue weighted by Crippen LogP contribution is 2.26. The van der Waals surface area contributed by atoms with E-state index in [1.54, 1.807) is 50.2 Å². The maximum Gasteiger partial charge on any atom is 0.264 e. The lowest BCUT2D eigenvalue weighted by Crippen LogP contribution is -2.51. The molecule has 3 rings (SSSR count). The first-order valence-electron chi connectivity index (χ1n) is 12.0. The average molecular weight is 526 g/mol. The monoisotopic (exact) mass is 525 g/mol. The number of carbonyl (C=O) groups excluding carboxylic acids is 2. The van der Waals surface area contributed by atoms with Crippen molar-refractivity contribution in [1.82, 2.24) is 10.2 Å². The second-order valence-corrected chi connectivity index (χ2v) is 10.7. The normalized spacial score (nSPS) is 12.0. The molecule has 0 fully saturated rings. The minimum Gasteiger partial charge on any atom is -0.355 e. The van der Waals surface area contributed by atoms with E-state index in [1.807, 2.05) is 13.8 Å². The van der Waals surface area contributed by atoms with Crippen LogP contribution < -0.4 is 9.62 Å². The van der Waals surface area contributed by atoms with Gasteiger partial charge in [0.25, 0.3) is 10.0 Å². The number of aryl methyl sites for hydroxylation is 2. The quantitative estimate of drug-likeness (QED) is 0.430. The van der Waals surface area contributed by atoms with Gasteiger partial charge in [-0.1, -0.05) is 36.4 Å². The number of sulfonamides is 1. The predicted molar refractivity (Wildman–Crippen MR) is 142 cm³/mol. The average Bonchev–Trinajstić information content (AvgIpc) is 2.88. The third-order valence-electron chi connectivity index (χ3n) is 6.17. The van der Waals surface area contributed by atoms with E-state index in [9.17, 15) is 22.4 Å². The summed E-state index contributed by atoms with van der Waals surface area (Å²) in [4.78, 5) is 27.8. The van der Waals surface area contributed by atoms with Crippen LogP contribution in [-0.4, -0.2) is 44.3 Å². The summed E-state index contributed by atoms with van der Waals surface area (Å²) in [7, 11) is -4.11. The second kappa shape index (κ2) is 12.0. The maximum atomic E-state index is 13.7. The molecule has 0 aliphatic heterocycles. The van der Waals surface area contributed by atoms with Crippen LogP contribution in [0.5, 0.6) is 0 Å². The summed E-state index contributed by atoms with van der Waals surface area (Å²) < 4.78 is 42.0. The van der Waals surface area contributed by atoms with Gasteiger partial charge in [0.05, 0.1) is 10.6 Å². The topological polar surface area (TPSA) is 86.8 Å². The van der Waals surface area contributed by atoms with Crippen molar-refractivity contribution in [2.75, 3.05) is 17.4 Å². The molecule has 0 aromatic heterocycles. The van der Waals surface area contributed by atoms with Gasteiger partial charge >= 0.3 is 0 Å². The summed E-state index contributed by atoms with van der Waals surface area (Å²) in [5, 5.41) is 2.71. The van der Waals surface area contributed by atoms with Gasteiger partial charge < -0.3 is 10.2 Å². The Labute approximate surface area is 218 Å². The molecule has 3 aromatic rings. The van der Waals surface area contributed by atoms with E-state index in [1.165, 1.54) is 41.3 Å². The van der Waals surface area contributed by atoms with E-state index in [4.69, 9.17) is 0 Å². The number of benzene rings is 3. The molecule has 0 spiro atoms.